The average molecular weight is 473 g/mol. The Kier molecular flexibility index (Phi) is 4.43. The summed E-state index contributed by atoms with van der Waals surface area (Å²) in [6.07, 6.45) is 0. The van der Waals surface area contributed by atoms with Crippen molar-refractivity contribution >= 4 is 32.6 Å². The van der Waals surface area contributed by atoms with E-state index in [0.29, 0.717) is 0 Å². The van der Waals surface area contributed by atoms with E-state index in [9.17, 15) is 0 Å². The van der Waals surface area contributed by atoms with Gasteiger partial charge in [-0.1, -0.05) is 60.7 Å². The zero-order valence-electron chi connectivity index (χ0n) is 18.9. The van der Waals surface area contributed by atoms with Crippen molar-refractivity contribution < 1.29 is 0 Å². The highest BCUT2D eigenvalue weighted by Gasteiger charge is 2.23. The van der Waals surface area contributed by atoms with Gasteiger partial charge in [0.25, 0.3) is 0 Å². The standard InChI is InChI=1S/C28H20N6S/c1-17-20-16-23(35-28(20)34(33-17)19-12-6-3-7-13-19)26-24(25(31-32-26)18-10-4-2-5-11-18)27-29-21-14-8-9-15-22(21)30-27/h2-16H,1H3,(H,29,30)(H,31,32). The van der Waals surface area contributed by atoms with Gasteiger partial charge in [-0.3, -0.25) is 5.10 Å². The van der Waals surface area contributed by atoms with Gasteiger partial charge >= 0.3 is 0 Å². The van der Waals surface area contributed by atoms with E-state index in [-0.39, 0.29) is 0 Å². The van der Waals surface area contributed by atoms with Gasteiger partial charge in [-0.25, -0.2) is 9.67 Å². The Morgan fingerprint density at radius 2 is 1.60 bits per heavy atom. The van der Waals surface area contributed by atoms with Crippen molar-refractivity contribution in [1.82, 2.24) is 29.9 Å². The molecule has 3 aromatic carbocycles. The Bertz CT molecular complexity index is 1770. The molecule has 4 aromatic heterocycles. The molecule has 2 N–H and O–H groups in total. The average Bonchev–Trinajstić information content (AvgIpc) is 3.67. The molecule has 7 rings (SSSR count). The predicted molar refractivity (Wildman–Crippen MR) is 142 cm³/mol. The molecule has 0 aliphatic heterocycles. The molecule has 0 atom stereocenters. The topological polar surface area (TPSA) is 75.2 Å². The fourth-order valence-electron chi connectivity index (χ4n) is 4.54. The molecule has 0 unspecified atom stereocenters. The summed E-state index contributed by atoms with van der Waals surface area (Å²) in [5.41, 5.74) is 7.81. The third-order valence-electron chi connectivity index (χ3n) is 6.23. The first-order valence-electron chi connectivity index (χ1n) is 11.4. The molecule has 35 heavy (non-hydrogen) atoms. The second-order valence-corrected chi connectivity index (χ2v) is 9.48. The fraction of sp³-hybridized carbons (Fsp3) is 0.0357. The Labute approximate surface area is 204 Å². The Morgan fingerprint density at radius 3 is 2.40 bits per heavy atom. The van der Waals surface area contributed by atoms with Crippen molar-refractivity contribution in [3.8, 4) is 38.9 Å². The van der Waals surface area contributed by atoms with Crippen molar-refractivity contribution in [3.05, 3.63) is 96.7 Å². The molecule has 0 saturated carbocycles. The number of hydrogen-bond donors (Lipinski definition) is 2. The summed E-state index contributed by atoms with van der Waals surface area (Å²) in [4.78, 5) is 10.6. The number of aryl methyl sites for hydroxylation is 1. The fourth-order valence-corrected chi connectivity index (χ4v) is 5.73. The van der Waals surface area contributed by atoms with Crippen LogP contribution in [0.5, 0.6) is 0 Å². The number of aromatic nitrogens is 6. The first-order chi connectivity index (χ1) is 17.3. The van der Waals surface area contributed by atoms with Crippen molar-refractivity contribution in [2.24, 2.45) is 0 Å². The van der Waals surface area contributed by atoms with Crippen LogP contribution in [0.25, 0.3) is 60.2 Å². The summed E-state index contributed by atoms with van der Waals surface area (Å²) >= 11 is 1.70. The lowest BCUT2D eigenvalue weighted by Gasteiger charge is -2.03. The number of nitrogens with one attached hydrogen (secondary N) is 2. The molecule has 7 heteroatoms. The molecule has 4 heterocycles. The van der Waals surface area contributed by atoms with E-state index in [0.717, 1.165) is 65.8 Å². The normalized spacial score (nSPS) is 11.6. The van der Waals surface area contributed by atoms with Crippen molar-refractivity contribution in [3.63, 3.8) is 0 Å². The van der Waals surface area contributed by atoms with E-state index in [4.69, 9.17) is 15.2 Å². The van der Waals surface area contributed by atoms with E-state index < -0.39 is 0 Å². The Balaban J connectivity index is 1.46. The summed E-state index contributed by atoms with van der Waals surface area (Å²) in [5.74, 6) is 0.799. The van der Waals surface area contributed by atoms with Crippen LogP contribution in [0.4, 0.5) is 0 Å². The molecule has 0 saturated heterocycles. The number of nitrogens with zero attached hydrogens (tertiary/aromatic N) is 4. The van der Waals surface area contributed by atoms with Gasteiger partial charge in [-0.05, 0) is 37.3 Å². The van der Waals surface area contributed by atoms with Crippen LogP contribution >= 0.6 is 11.3 Å². The van der Waals surface area contributed by atoms with Gasteiger partial charge in [0, 0.05) is 10.9 Å². The third kappa shape index (κ3) is 3.20. The number of rotatable bonds is 4. The Morgan fingerprint density at radius 1 is 0.857 bits per heavy atom. The van der Waals surface area contributed by atoms with Crippen LogP contribution in [0.2, 0.25) is 0 Å². The zero-order chi connectivity index (χ0) is 23.4. The highest BCUT2D eigenvalue weighted by molar-refractivity contribution is 7.22. The molecule has 0 amide bonds. The highest BCUT2D eigenvalue weighted by atomic mass is 32.1. The molecule has 0 aliphatic rings. The maximum atomic E-state index is 4.92. The second-order valence-electron chi connectivity index (χ2n) is 8.45. The molecular formula is C28H20N6S. The van der Waals surface area contributed by atoms with Crippen LogP contribution in [0, 0.1) is 6.92 Å². The zero-order valence-corrected chi connectivity index (χ0v) is 19.7. The van der Waals surface area contributed by atoms with Gasteiger partial charge in [-0.2, -0.15) is 10.2 Å². The minimum absolute atomic E-state index is 0.799. The van der Waals surface area contributed by atoms with E-state index in [1.807, 2.05) is 65.3 Å². The van der Waals surface area contributed by atoms with Crippen molar-refractivity contribution in [1.29, 1.82) is 0 Å². The number of aromatic amines is 2. The summed E-state index contributed by atoms with van der Waals surface area (Å²) in [5, 5.41) is 14.0. The number of benzene rings is 3. The predicted octanol–water partition coefficient (Wildman–Crippen LogP) is 7.00. The van der Waals surface area contributed by atoms with Crippen LogP contribution in [-0.2, 0) is 0 Å². The highest BCUT2D eigenvalue weighted by Crippen LogP contribution is 2.42. The molecule has 0 spiro atoms. The number of thiophene rings is 1. The van der Waals surface area contributed by atoms with E-state index in [1.165, 1.54) is 0 Å². The largest absolute Gasteiger partial charge is 0.338 e. The van der Waals surface area contributed by atoms with E-state index >= 15 is 0 Å². The lowest BCUT2D eigenvalue weighted by molar-refractivity contribution is 0.894. The number of H-pyrrole nitrogens is 2. The molecular weight excluding hydrogens is 452 g/mol. The summed E-state index contributed by atoms with van der Waals surface area (Å²) in [7, 11) is 0. The lowest BCUT2D eigenvalue weighted by Crippen LogP contribution is -1.94. The minimum Gasteiger partial charge on any atom is -0.338 e. The minimum atomic E-state index is 0.799. The first kappa shape index (κ1) is 19.9. The van der Waals surface area contributed by atoms with Crippen LogP contribution in [0.15, 0.2) is 91.0 Å². The molecule has 0 fully saturated rings. The van der Waals surface area contributed by atoms with Gasteiger partial charge in [0.05, 0.1) is 38.5 Å². The van der Waals surface area contributed by atoms with Gasteiger partial charge < -0.3 is 4.98 Å². The number of hydrogen-bond acceptors (Lipinski definition) is 4. The molecule has 0 radical (unpaired) electrons. The number of imidazole rings is 1. The Hall–Kier alpha value is -4.49. The SMILES string of the molecule is Cc1nn(-c2ccccc2)c2sc(-c3[nH]nc(-c4ccccc4)c3-c3nc4ccccc4[nH]3)cc12. The summed E-state index contributed by atoms with van der Waals surface area (Å²) < 4.78 is 2.02. The molecule has 0 bridgehead atoms. The van der Waals surface area contributed by atoms with E-state index in [1.54, 1.807) is 11.3 Å². The van der Waals surface area contributed by atoms with Gasteiger partial charge in [0.2, 0.25) is 0 Å². The van der Waals surface area contributed by atoms with E-state index in [2.05, 4.69) is 47.3 Å². The third-order valence-corrected chi connectivity index (χ3v) is 7.36. The van der Waals surface area contributed by atoms with Gasteiger partial charge in [0.15, 0.2) is 0 Å². The summed E-state index contributed by atoms with van der Waals surface area (Å²) in [6, 6.07) is 30.8. The maximum absolute atomic E-state index is 4.92. The molecule has 168 valence electrons. The van der Waals surface area contributed by atoms with Crippen LogP contribution in [0.3, 0.4) is 0 Å². The molecule has 6 nitrogen and oxygen atoms in total. The first-order valence-corrected chi connectivity index (χ1v) is 12.2. The quantitative estimate of drug-likeness (QED) is 0.290. The van der Waals surface area contributed by atoms with Crippen LogP contribution in [-0.4, -0.2) is 29.9 Å². The second kappa shape index (κ2) is 7.78. The van der Waals surface area contributed by atoms with Crippen molar-refractivity contribution in [2.75, 3.05) is 0 Å². The van der Waals surface area contributed by atoms with Gasteiger partial charge in [-0.15, -0.1) is 11.3 Å². The molecule has 7 aromatic rings. The smallest absolute Gasteiger partial charge is 0.143 e. The maximum Gasteiger partial charge on any atom is 0.143 e. The van der Waals surface area contributed by atoms with Gasteiger partial charge in [0.1, 0.15) is 16.3 Å². The van der Waals surface area contributed by atoms with Crippen LogP contribution < -0.4 is 0 Å². The molecule has 0 aliphatic carbocycles. The monoisotopic (exact) mass is 472 g/mol. The van der Waals surface area contributed by atoms with Crippen LogP contribution in [0.1, 0.15) is 5.69 Å². The summed E-state index contributed by atoms with van der Waals surface area (Å²) in [6.45, 7) is 2.06. The lowest BCUT2D eigenvalue weighted by atomic mass is 10.0. The van der Waals surface area contributed by atoms with Crippen molar-refractivity contribution in [2.45, 2.75) is 6.92 Å². The number of para-hydroxylation sites is 3. The number of fused-ring (bicyclic) bond motifs is 2.